The number of aliphatic hydroxyl groups excluding tert-OH is 3. The molecule has 3 aliphatic carbocycles. The molecule has 0 aromatic heterocycles. The maximum absolute atomic E-state index is 14.1. The zero-order valence-electron chi connectivity index (χ0n) is 33.4. The quantitative estimate of drug-likeness (QED) is 0.0964. The predicted octanol–water partition coefficient (Wildman–Crippen LogP) is 4.24. The normalized spacial score (nSPS) is 45.4. The van der Waals surface area contributed by atoms with E-state index in [1.165, 1.54) is 24.3 Å². The summed E-state index contributed by atoms with van der Waals surface area (Å²) in [4.78, 5) is 38.7. The van der Waals surface area contributed by atoms with E-state index in [0.717, 1.165) is 19.3 Å². The van der Waals surface area contributed by atoms with Gasteiger partial charge in [0.25, 0.3) is 5.69 Å². The number of benzene rings is 2. The minimum absolute atomic E-state index is 0.0105. The molecule has 4 N–H and O–H groups in total. The molecule has 15 nitrogen and oxygen atoms in total. The van der Waals surface area contributed by atoms with Gasteiger partial charge in [0, 0.05) is 29.9 Å². The number of non-ortho nitro benzene ring substituents is 1. The lowest BCUT2D eigenvalue weighted by molar-refractivity contribution is -0.459. The van der Waals surface area contributed by atoms with Gasteiger partial charge in [0.05, 0.1) is 34.9 Å². The molecule has 2 aromatic carbocycles. The van der Waals surface area contributed by atoms with Crippen LogP contribution in [0.4, 0.5) is 5.69 Å². The third-order valence-corrected chi connectivity index (χ3v) is 15.2. The molecule has 4 saturated heterocycles. The number of epoxide rings is 1. The van der Waals surface area contributed by atoms with Gasteiger partial charge in [-0.2, -0.15) is 0 Å². The highest BCUT2D eigenvalue weighted by atomic mass is 16.9. The number of nitrogens with zero attached hydrogens (tertiary/aromatic N) is 1. The number of hydrogen-bond acceptors (Lipinski definition) is 14. The fourth-order valence-corrected chi connectivity index (χ4v) is 12.6. The Bertz CT molecular complexity index is 2010. The van der Waals surface area contributed by atoms with Crippen LogP contribution in [0.1, 0.15) is 86.4 Å². The summed E-state index contributed by atoms with van der Waals surface area (Å²) in [5, 5.41) is 61.6. The number of esters is 2. The minimum Gasteiger partial charge on any atom is -0.462 e. The van der Waals surface area contributed by atoms with Gasteiger partial charge in [0.15, 0.2) is 0 Å². The number of fused-ring (bicyclic) bond motifs is 1. The summed E-state index contributed by atoms with van der Waals surface area (Å²) in [6.07, 6.45) is -2.29. The molecule has 3 saturated carbocycles. The predicted molar refractivity (Wildman–Crippen MR) is 205 cm³/mol. The zero-order valence-corrected chi connectivity index (χ0v) is 33.4. The van der Waals surface area contributed by atoms with Crippen molar-refractivity contribution in [2.45, 2.75) is 125 Å². The summed E-state index contributed by atoms with van der Waals surface area (Å²) < 4.78 is 40.2. The van der Waals surface area contributed by atoms with Crippen LogP contribution in [0.3, 0.4) is 0 Å². The van der Waals surface area contributed by atoms with E-state index in [-0.39, 0.29) is 36.6 Å². The van der Waals surface area contributed by atoms with Crippen LogP contribution in [0.15, 0.2) is 66.7 Å². The van der Waals surface area contributed by atoms with Crippen molar-refractivity contribution in [3.63, 3.8) is 0 Å². The second-order valence-corrected chi connectivity index (χ2v) is 18.2. The lowest BCUT2D eigenvalue weighted by atomic mass is 9.51. The summed E-state index contributed by atoms with van der Waals surface area (Å²) >= 11 is 0. The van der Waals surface area contributed by atoms with Crippen molar-refractivity contribution in [1.82, 2.24) is 0 Å². The first-order chi connectivity index (χ1) is 28.1. The molecule has 1 unspecified atom stereocenters. The maximum atomic E-state index is 14.1. The van der Waals surface area contributed by atoms with Gasteiger partial charge < -0.3 is 48.8 Å². The topological polar surface area (TPSA) is 217 Å². The molecule has 9 rings (SSSR count). The van der Waals surface area contributed by atoms with Gasteiger partial charge in [-0.25, -0.2) is 9.59 Å². The lowest BCUT2D eigenvalue weighted by Crippen LogP contribution is -2.75. The third-order valence-electron chi connectivity index (χ3n) is 15.2. The molecule has 59 heavy (non-hydrogen) atoms. The summed E-state index contributed by atoms with van der Waals surface area (Å²) in [5.74, 6) is -7.75. The fraction of sp³-hybridized carbons (Fsp3) is 0.636. The standard InChI is InChI=1S/C44H53NO14/c1-23(2)40-20-28(21-54-37(48)26-13-9-7-10-14-26)43-32-35(40)57-44(58-40,59-43)30(47)15-11-6-5-8-12-24(3)31-25(4)34(55-38(49)27-16-18-29(19-17-27)45(52)53)42(51,33(31)43)39(50)41(22-46)36(32)56-41/h7,9-10,13-14,16-19,24-25,28,30-36,39,46-47,50-51H,1,5-6,8,11-12,15,20-22H2,2-4H3/t24-,25+,28+,30-,31+,32-,33-,34+,35-,36+,39-,40-,41+,42-,43-,44?/m1/s1. The number of carbonyl (C=O) groups is 2. The number of nitro benzene ring substituents is 1. The SMILES string of the molecule is C=C(C)[C@]12C[C@@H](COC(=O)c3ccccc3)[C@@]34OC5(O[C@@H]1[C@@H]3[C@@H]1O[C@]1(CO)[C@@H](O)[C@@]1(O)[C@H]4[C@H]([C@H](C)[C@@H]1OC(=O)c1ccc([N+](=O)[O-])cc1)[C@H](C)CCCCCC[C@H]5O)O2. The molecule has 318 valence electrons. The van der Waals surface area contributed by atoms with Crippen molar-refractivity contribution in [3.05, 3.63) is 88.0 Å². The molecular weight excluding hydrogens is 766 g/mol. The molecular formula is C44H53NO14. The molecule has 0 radical (unpaired) electrons. The van der Waals surface area contributed by atoms with E-state index in [1.54, 1.807) is 37.3 Å². The Hall–Kier alpha value is -3.80. The van der Waals surface area contributed by atoms with Gasteiger partial charge in [-0.05, 0) is 67.4 Å². The van der Waals surface area contributed by atoms with E-state index in [4.69, 9.17) is 28.4 Å². The average Bonchev–Trinajstić information content (AvgIpc) is 3.86. The Labute approximate surface area is 341 Å². The summed E-state index contributed by atoms with van der Waals surface area (Å²) in [7, 11) is 0. The fourth-order valence-electron chi connectivity index (χ4n) is 12.6. The molecule has 0 amide bonds. The zero-order chi connectivity index (χ0) is 41.9. The molecule has 2 aromatic rings. The Morgan fingerprint density at radius 1 is 0.932 bits per heavy atom. The van der Waals surface area contributed by atoms with E-state index in [1.807, 2.05) is 6.92 Å². The van der Waals surface area contributed by atoms with Crippen LogP contribution in [-0.2, 0) is 28.4 Å². The number of rotatable bonds is 8. The Morgan fingerprint density at radius 3 is 2.27 bits per heavy atom. The van der Waals surface area contributed by atoms with Crippen molar-refractivity contribution in [3.8, 4) is 0 Å². The van der Waals surface area contributed by atoms with Gasteiger partial charge in [-0.15, -0.1) is 0 Å². The van der Waals surface area contributed by atoms with Crippen LogP contribution in [0.2, 0.25) is 0 Å². The molecule has 4 aliphatic heterocycles. The number of carbonyl (C=O) groups excluding carboxylic acids is 2. The second kappa shape index (κ2) is 14.1. The minimum atomic E-state index is -2.39. The van der Waals surface area contributed by atoms with Crippen molar-refractivity contribution in [2.24, 2.45) is 35.5 Å². The second-order valence-electron chi connectivity index (χ2n) is 18.2. The molecule has 15 heteroatoms. The summed E-state index contributed by atoms with van der Waals surface area (Å²) in [6, 6.07) is 13.4. The van der Waals surface area contributed by atoms with E-state index in [2.05, 4.69) is 13.5 Å². The van der Waals surface area contributed by atoms with Crippen LogP contribution in [0.25, 0.3) is 0 Å². The molecule has 3 bridgehead atoms. The van der Waals surface area contributed by atoms with E-state index >= 15 is 0 Å². The Morgan fingerprint density at radius 2 is 1.61 bits per heavy atom. The van der Waals surface area contributed by atoms with Crippen LogP contribution >= 0.6 is 0 Å². The van der Waals surface area contributed by atoms with Crippen LogP contribution < -0.4 is 0 Å². The highest BCUT2D eigenvalue weighted by molar-refractivity contribution is 5.90. The number of aliphatic hydroxyl groups is 4. The van der Waals surface area contributed by atoms with Gasteiger partial charge in [-0.1, -0.05) is 70.7 Å². The summed E-state index contributed by atoms with van der Waals surface area (Å²) in [6.45, 7) is 9.11. The Kier molecular flexibility index (Phi) is 9.72. The molecule has 7 fully saturated rings. The van der Waals surface area contributed by atoms with Crippen molar-refractivity contribution >= 4 is 17.6 Å². The molecule has 16 atom stereocenters. The van der Waals surface area contributed by atoms with Crippen molar-refractivity contribution in [2.75, 3.05) is 13.2 Å². The molecule has 2 spiro atoms. The smallest absolute Gasteiger partial charge is 0.338 e. The van der Waals surface area contributed by atoms with E-state index in [0.29, 0.717) is 24.0 Å². The van der Waals surface area contributed by atoms with Gasteiger partial charge >= 0.3 is 17.9 Å². The number of nitro groups is 1. The highest BCUT2D eigenvalue weighted by Gasteiger charge is 2.91. The van der Waals surface area contributed by atoms with Crippen molar-refractivity contribution in [1.29, 1.82) is 0 Å². The first-order valence-electron chi connectivity index (χ1n) is 20.9. The number of hydrogen-bond donors (Lipinski definition) is 4. The number of ether oxygens (including phenoxy) is 6. The molecule has 7 aliphatic rings. The first-order valence-corrected chi connectivity index (χ1v) is 20.9. The maximum Gasteiger partial charge on any atom is 0.338 e. The van der Waals surface area contributed by atoms with E-state index in [9.17, 15) is 40.1 Å². The van der Waals surface area contributed by atoms with Crippen LogP contribution in [-0.4, -0.2) is 109 Å². The Balaban J connectivity index is 1.26. The average molecular weight is 820 g/mol. The van der Waals surface area contributed by atoms with Crippen LogP contribution in [0, 0.1) is 45.6 Å². The van der Waals surface area contributed by atoms with Gasteiger partial charge in [0.2, 0.25) is 0 Å². The molecule has 4 heterocycles. The largest absolute Gasteiger partial charge is 0.462 e. The first kappa shape index (κ1) is 40.6. The highest BCUT2D eigenvalue weighted by Crippen LogP contribution is 2.75. The van der Waals surface area contributed by atoms with Crippen molar-refractivity contribution < 1.29 is 63.4 Å². The summed E-state index contributed by atoms with van der Waals surface area (Å²) in [5.41, 5.74) is -6.52. The van der Waals surface area contributed by atoms with E-state index < -0.39 is 112 Å². The van der Waals surface area contributed by atoms with Crippen LogP contribution in [0.5, 0.6) is 0 Å². The lowest BCUT2D eigenvalue weighted by Gasteiger charge is -2.62. The van der Waals surface area contributed by atoms with Gasteiger partial charge in [-0.3, -0.25) is 10.1 Å². The third kappa shape index (κ3) is 5.61. The van der Waals surface area contributed by atoms with Gasteiger partial charge in [0.1, 0.15) is 47.3 Å². The monoisotopic (exact) mass is 819 g/mol.